The smallest absolute Gasteiger partial charge is 0.261 e. The average Bonchev–Trinajstić information content (AvgIpc) is 4.07. The van der Waals surface area contributed by atoms with Crippen molar-refractivity contribution < 1.29 is 53.0 Å². The maximum atomic E-state index is 12.6. The Balaban J connectivity index is 0.000000156. The number of fused-ring (bicyclic) bond motifs is 3. The van der Waals surface area contributed by atoms with Gasteiger partial charge in [0.25, 0.3) is 35.4 Å². The van der Waals surface area contributed by atoms with E-state index in [4.69, 9.17) is 4.79 Å². The number of amides is 6. The summed E-state index contributed by atoms with van der Waals surface area (Å²) in [6.07, 6.45) is 2.28. The maximum absolute atomic E-state index is 12.6. The molecule has 0 unspecified atom stereocenters. The van der Waals surface area contributed by atoms with Gasteiger partial charge in [0.05, 0.1) is 33.4 Å². The molecule has 3 aliphatic heterocycles. The van der Waals surface area contributed by atoms with Gasteiger partial charge in [0, 0.05) is 39.1 Å². The molecule has 10 nitrogen and oxygen atoms in total. The van der Waals surface area contributed by atoms with Crippen molar-refractivity contribution in [3.05, 3.63) is 288 Å². The van der Waals surface area contributed by atoms with Gasteiger partial charge in [-0.15, -0.1) is 0 Å². The molecule has 3 aliphatic rings. The first-order chi connectivity index (χ1) is 39.3. The summed E-state index contributed by atoms with van der Waals surface area (Å²) in [6.45, 7) is 3.30. The Morgan fingerprint density at radius 2 is 0.370 bits per heavy atom. The van der Waals surface area contributed by atoms with E-state index in [0.717, 1.165) is 18.5 Å². The van der Waals surface area contributed by atoms with Crippen molar-refractivity contribution in [1.29, 1.82) is 0 Å². The van der Waals surface area contributed by atoms with Crippen LogP contribution >= 0.6 is 23.8 Å². The van der Waals surface area contributed by atoms with Crippen LogP contribution in [-0.2, 0) is 24.3 Å². The van der Waals surface area contributed by atoms with Crippen molar-refractivity contribution in [3.8, 4) is 0 Å². The summed E-state index contributed by atoms with van der Waals surface area (Å²) in [5, 5.41) is 7.53. The van der Waals surface area contributed by atoms with Crippen LogP contribution in [0.1, 0.15) is 62.1 Å². The van der Waals surface area contributed by atoms with E-state index in [1.165, 1.54) is 46.5 Å². The molecule has 0 bridgehead atoms. The molecular weight excluding hydrogens is 1150 g/mol. The van der Waals surface area contributed by atoms with Crippen LogP contribution in [0, 0.1) is 0 Å². The molecule has 1 radical (unpaired) electrons. The van der Waals surface area contributed by atoms with Crippen LogP contribution in [0.15, 0.2) is 255 Å². The molecule has 0 spiro atoms. The van der Waals surface area contributed by atoms with Crippen LogP contribution in [0.4, 0.5) is 0 Å². The molecule has 0 N–H and O–H groups in total. The Kier molecular flexibility index (Phi) is 21.1. The normalized spacial score (nSPS) is 12.9. The predicted octanol–water partition coefficient (Wildman–Crippen LogP) is 10.1. The number of rotatable bonds is 15. The van der Waals surface area contributed by atoms with Crippen molar-refractivity contribution in [1.82, 2.24) is 14.7 Å². The van der Waals surface area contributed by atoms with Gasteiger partial charge in [0.2, 0.25) is 0 Å². The number of benzene rings is 9. The van der Waals surface area contributed by atoms with Gasteiger partial charge in [0.15, 0.2) is 0 Å². The Bertz CT molecular complexity index is 3010. The van der Waals surface area contributed by atoms with E-state index in [1.807, 2.05) is 116 Å². The second-order valence-electron chi connectivity index (χ2n) is 18.4. The third-order valence-electron chi connectivity index (χ3n) is 13.7. The van der Waals surface area contributed by atoms with E-state index < -0.39 is 23.8 Å². The van der Waals surface area contributed by atoms with Gasteiger partial charge in [-0.3, -0.25) is 43.5 Å². The summed E-state index contributed by atoms with van der Waals surface area (Å²) in [7, 11) is -1.88. The summed E-state index contributed by atoms with van der Waals surface area (Å²) in [4.78, 5) is 87.8. The zero-order valence-corrected chi connectivity index (χ0v) is 48.4. The minimum atomic E-state index is -0.627. The maximum Gasteiger partial charge on any atom is 0.261 e. The third kappa shape index (κ3) is 13.8. The molecule has 405 valence electrons. The van der Waals surface area contributed by atoms with Gasteiger partial charge >= 0.3 is 0 Å². The Morgan fingerprint density at radius 1 is 0.235 bits per heavy atom. The number of carbonyl (C=O) groups is 7. The van der Waals surface area contributed by atoms with Crippen LogP contribution in [0.3, 0.4) is 0 Å². The molecule has 6 amide bonds. The minimum absolute atomic E-state index is 0. The summed E-state index contributed by atoms with van der Waals surface area (Å²) >= 11 is 0. The van der Waals surface area contributed by atoms with Crippen molar-refractivity contribution in [2.75, 3.05) is 38.1 Å². The van der Waals surface area contributed by atoms with E-state index in [1.54, 1.807) is 72.8 Å². The molecule has 12 rings (SSSR count). The number of imide groups is 3. The van der Waals surface area contributed by atoms with E-state index in [9.17, 15) is 28.8 Å². The summed E-state index contributed by atoms with van der Waals surface area (Å²) in [6, 6.07) is 83.2. The number of nitrogens with zero attached hydrogens (tertiary/aromatic N) is 3. The molecular formula is C67H56N3O7P3Rh. The first-order valence-electron chi connectivity index (χ1n) is 26.0. The molecule has 0 atom stereocenters. The fourth-order valence-corrected chi connectivity index (χ4v) is 16.6. The zero-order chi connectivity index (χ0) is 55.8. The Morgan fingerprint density at radius 3 is 0.519 bits per heavy atom. The largest absolute Gasteiger partial charge is 0.307 e. The van der Waals surface area contributed by atoms with Gasteiger partial charge in [-0.05, 0) is 110 Å². The van der Waals surface area contributed by atoms with Crippen LogP contribution in [-0.4, -0.2) is 95.1 Å². The van der Waals surface area contributed by atoms with Gasteiger partial charge < -0.3 is 4.79 Å². The molecule has 9 aromatic carbocycles. The predicted molar refractivity (Wildman–Crippen MR) is 324 cm³/mol. The summed E-state index contributed by atoms with van der Waals surface area (Å²) < 4.78 is 0. The van der Waals surface area contributed by atoms with E-state index in [-0.39, 0.29) is 54.9 Å². The van der Waals surface area contributed by atoms with Crippen LogP contribution in [0.2, 0.25) is 0 Å². The topological polar surface area (TPSA) is 129 Å². The Hall–Kier alpha value is -8.02. The van der Waals surface area contributed by atoms with Crippen molar-refractivity contribution in [2.24, 2.45) is 0 Å². The number of carbonyl (C=O) groups excluding carboxylic acids is 7. The number of hydrogen-bond acceptors (Lipinski definition) is 7. The third-order valence-corrected chi connectivity index (χ3v) is 21.2. The summed E-state index contributed by atoms with van der Waals surface area (Å²) in [5.41, 5.74) is 3.09. The molecule has 0 aliphatic carbocycles. The quantitative estimate of drug-likeness (QED) is 0.0568. The SMILES string of the molecule is C=O.O=C1c2ccccc2C(=O)N1CCP(c1ccccc1)c1ccccc1.O=C1c2ccccc2C(=O)N1CCP(c1ccccc1)c1ccccc1.O=C1c2ccccc2C(=O)N1CCP(c1ccccc1)c1ccccc1.[Rh]. The number of hydrogen-bond donors (Lipinski definition) is 0. The fourth-order valence-electron chi connectivity index (χ4n) is 9.80. The molecule has 81 heavy (non-hydrogen) atoms. The molecule has 14 heteroatoms. The van der Waals surface area contributed by atoms with E-state index in [2.05, 4.69) is 72.8 Å². The van der Waals surface area contributed by atoms with Gasteiger partial charge in [-0.2, -0.15) is 0 Å². The van der Waals surface area contributed by atoms with Crippen LogP contribution in [0.5, 0.6) is 0 Å². The van der Waals surface area contributed by atoms with Gasteiger partial charge in [-0.1, -0.05) is 218 Å². The summed E-state index contributed by atoms with van der Waals surface area (Å²) in [5.74, 6) is -1.07. The second kappa shape index (κ2) is 28.9. The first-order valence-corrected chi connectivity index (χ1v) is 30.6. The van der Waals surface area contributed by atoms with Gasteiger partial charge in [-0.25, -0.2) is 0 Å². The van der Waals surface area contributed by atoms with Crippen molar-refractivity contribution >= 4 is 97.8 Å². The zero-order valence-electron chi connectivity index (χ0n) is 44.1. The van der Waals surface area contributed by atoms with Crippen LogP contribution < -0.4 is 31.8 Å². The first kappa shape index (κ1) is 59.1. The average molecular weight is 1210 g/mol. The monoisotopic (exact) mass is 1210 g/mol. The van der Waals surface area contributed by atoms with Crippen LogP contribution in [0.25, 0.3) is 0 Å². The Labute approximate surface area is 488 Å². The molecule has 0 saturated heterocycles. The van der Waals surface area contributed by atoms with E-state index >= 15 is 0 Å². The molecule has 9 aromatic rings. The van der Waals surface area contributed by atoms with Crippen molar-refractivity contribution in [3.63, 3.8) is 0 Å². The molecule has 0 saturated carbocycles. The second-order valence-corrected chi connectivity index (χ2v) is 25.4. The molecule has 0 aromatic heterocycles. The van der Waals surface area contributed by atoms with Gasteiger partial charge in [0.1, 0.15) is 6.79 Å². The molecule has 0 fully saturated rings. The fraction of sp³-hybridized carbons (Fsp3) is 0.0896. The standard InChI is InChI=1S/3C22H18NO2P.CH2O.Rh/c3*24-21-19-13-7-8-14-20(19)22(25)23(21)15-16-26(17-9-3-1-4-10-17)18-11-5-2-6-12-18;1-2;/h3*1-14H,15-16H2;1H2;. The van der Waals surface area contributed by atoms with E-state index in [0.29, 0.717) is 53.0 Å². The van der Waals surface area contributed by atoms with Crippen molar-refractivity contribution in [2.45, 2.75) is 0 Å². The minimum Gasteiger partial charge on any atom is -0.307 e. The molecule has 3 heterocycles.